The van der Waals surface area contributed by atoms with E-state index in [9.17, 15) is 8.78 Å². The fourth-order valence-electron chi connectivity index (χ4n) is 1.97. The summed E-state index contributed by atoms with van der Waals surface area (Å²) in [5.74, 6) is -1.25. The van der Waals surface area contributed by atoms with E-state index < -0.39 is 11.6 Å². The van der Waals surface area contributed by atoms with Crippen LogP contribution in [0.4, 0.5) is 8.78 Å². The summed E-state index contributed by atoms with van der Waals surface area (Å²) in [5, 5.41) is 0. The summed E-state index contributed by atoms with van der Waals surface area (Å²) in [5.41, 5.74) is 0.714. The lowest BCUT2D eigenvalue weighted by Gasteiger charge is -2.17. The molecule has 102 valence electrons. The zero-order valence-corrected chi connectivity index (χ0v) is 11.6. The average molecular weight is 256 g/mol. The second kappa shape index (κ2) is 6.72. The van der Waals surface area contributed by atoms with E-state index in [1.807, 2.05) is 20.8 Å². The molecular weight excluding hydrogens is 234 g/mol. The lowest BCUT2D eigenvalue weighted by molar-refractivity contribution is 0.197. The van der Waals surface area contributed by atoms with Crippen LogP contribution in [0.5, 0.6) is 5.75 Å². The molecule has 0 saturated carbocycles. The predicted molar refractivity (Wildman–Crippen MR) is 70.1 cm³/mol. The standard InChI is InChI=1S/C15H22F2O/c1-5-10(4)18-15-13(16)8-12(9-14(15)17)11(6-2)7-3/h8-11H,5-7H2,1-4H3. The Kier molecular flexibility index (Phi) is 5.57. The van der Waals surface area contributed by atoms with Gasteiger partial charge < -0.3 is 4.74 Å². The number of halogens is 2. The lowest BCUT2D eigenvalue weighted by atomic mass is 9.94. The molecule has 0 aliphatic rings. The number of benzene rings is 1. The summed E-state index contributed by atoms with van der Waals surface area (Å²) >= 11 is 0. The molecule has 0 aliphatic carbocycles. The molecule has 1 nitrogen and oxygen atoms in total. The number of hydrogen-bond donors (Lipinski definition) is 0. The van der Waals surface area contributed by atoms with Crippen LogP contribution in [-0.4, -0.2) is 6.10 Å². The van der Waals surface area contributed by atoms with Gasteiger partial charge in [-0.2, -0.15) is 0 Å². The average Bonchev–Trinajstić information content (AvgIpc) is 2.35. The van der Waals surface area contributed by atoms with Crippen molar-refractivity contribution in [2.24, 2.45) is 0 Å². The first-order chi connectivity index (χ1) is 8.53. The molecule has 1 aromatic carbocycles. The van der Waals surface area contributed by atoms with Gasteiger partial charge in [0, 0.05) is 0 Å². The maximum absolute atomic E-state index is 13.9. The van der Waals surface area contributed by atoms with Crippen LogP contribution in [0.3, 0.4) is 0 Å². The number of ether oxygens (including phenoxy) is 1. The summed E-state index contributed by atoms with van der Waals surface area (Å²) in [6.07, 6.45) is 2.28. The van der Waals surface area contributed by atoms with E-state index in [0.29, 0.717) is 12.0 Å². The van der Waals surface area contributed by atoms with Crippen molar-refractivity contribution >= 4 is 0 Å². The Morgan fingerprint density at radius 3 is 1.89 bits per heavy atom. The molecule has 18 heavy (non-hydrogen) atoms. The van der Waals surface area contributed by atoms with Gasteiger partial charge in [0.1, 0.15) is 0 Å². The van der Waals surface area contributed by atoms with E-state index in [4.69, 9.17) is 4.74 Å². The molecule has 0 radical (unpaired) electrons. The van der Waals surface area contributed by atoms with E-state index in [1.165, 1.54) is 12.1 Å². The molecule has 1 unspecified atom stereocenters. The molecule has 0 aromatic heterocycles. The molecule has 0 aliphatic heterocycles. The van der Waals surface area contributed by atoms with Crippen LogP contribution in [0.2, 0.25) is 0 Å². The molecule has 0 N–H and O–H groups in total. The van der Waals surface area contributed by atoms with Crippen LogP contribution in [0.25, 0.3) is 0 Å². The Morgan fingerprint density at radius 1 is 1.00 bits per heavy atom. The van der Waals surface area contributed by atoms with E-state index in [1.54, 1.807) is 6.92 Å². The van der Waals surface area contributed by atoms with Gasteiger partial charge >= 0.3 is 0 Å². The van der Waals surface area contributed by atoms with Crippen molar-refractivity contribution in [3.8, 4) is 5.75 Å². The van der Waals surface area contributed by atoms with E-state index >= 15 is 0 Å². The normalized spacial score (nSPS) is 12.8. The first kappa shape index (κ1) is 14.9. The van der Waals surface area contributed by atoms with Gasteiger partial charge in [-0.25, -0.2) is 8.78 Å². The van der Waals surface area contributed by atoms with Crippen LogP contribution in [0.15, 0.2) is 12.1 Å². The van der Waals surface area contributed by atoms with Gasteiger partial charge in [-0.05, 0) is 49.8 Å². The first-order valence-corrected chi connectivity index (χ1v) is 6.68. The van der Waals surface area contributed by atoms with Gasteiger partial charge in [-0.15, -0.1) is 0 Å². The van der Waals surface area contributed by atoms with Crippen LogP contribution in [-0.2, 0) is 0 Å². The SMILES string of the molecule is CCC(C)Oc1c(F)cc(C(CC)CC)cc1F. The largest absolute Gasteiger partial charge is 0.485 e. The maximum Gasteiger partial charge on any atom is 0.191 e. The van der Waals surface area contributed by atoms with Crippen molar-refractivity contribution in [3.05, 3.63) is 29.3 Å². The highest BCUT2D eigenvalue weighted by molar-refractivity contribution is 5.33. The Morgan fingerprint density at radius 2 is 1.50 bits per heavy atom. The summed E-state index contributed by atoms with van der Waals surface area (Å²) in [4.78, 5) is 0. The third kappa shape index (κ3) is 3.44. The van der Waals surface area contributed by atoms with Crippen molar-refractivity contribution in [2.45, 2.75) is 59.0 Å². The minimum atomic E-state index is -0.600. The molecule has 0 bridgehead atoms. The zero-order chi connectivity index (χ0) is 13.7. The molecule has 1 atom stereocenters. The van der Waals surface area contributed by atoms with Crippen LogP contribution in [0, 0.1) is 11.6 Å². The number of rotatable bonds is 6. The first-order valence-electron chi connectivity index (χ1n) is 6.68. The lowest BCUT2D eigenvalue weighted by Crippen LogP contribution is -2.12. The Bertz CT molecular complexity index is 363. The van der Waals surface area contributed by atoms with Gasteiger partial charge in [0.2, 0.25) is 0 Å². The topological polar surface area (TPSA) is 9.23 Å². The molecule has 1 aromatic rings. The summed E-state index contributed by atoms with van der Waals surface area (Å²) in [6.45, 7) is 7.76. The summed E-state index contributed by atoms with van der Waals surface area (Å²) in [7, 11) is 0. The Labute approximate surface area is 108 Å². The van der Waals surface area contributed by atoms with Crippen molar-refractivity contribution in [3.63, 3.8) is 0 Å². The minimum absolute atomic E-state index is 0.187. The molecule has 0 spiro atoms. The Balaban J connectivity index is 3.04. The summed E-state index contributed by atoms with van der Waals surface area (Å²) < 4.78 is 33.0. The second-order valence-corrected chi connectivity index (χ2v) is 4.66. The maximum atomic E-state index is 13.9. The van der Waals surface area contributed by atoms with Gasteiger partial charge in [-0.3, -0.25) is 0 Å². The second-order valence-electron chi connectivity index (χ2n) is 4.66. The molecule has 3 heteroatoms. The van der Waals surface area contributed by atoms with Crippen molar-refractivity contribution in [1.82, 2.24) is 0 Å². The molecule has 0 fully saturated rings. The van der Waals surface area contributed by atoms with Crippen LogP contribution >= 0.6 is 0 Å². The summed E-state index contributed by atoms with van der Waals surface area (Å²) in [6, 6.07) is 2.80. The van der Waals surface area contributed by atoms with E-state index in [2.05, 4.69) is 0 Å². The molecule has 0 amide bonds. The smallest absolute Gasteiger partial charge is 0.191 e. The molecule has 1 rings (SSSR count). The zero-order valence-electron chi connectivity index (χ0n) is 11.6. The highest BCUT2D eigenvalue weighted by atomic mass is 19.1. The van der Waals surface area contributed by atoms with Gasteiger partial charge in [0.05, 0.1) is 6.10 Å². The fourth-order valence-corrected chi connectivity index (χ4v) is 1.97. The third-order valence-electron chi connectivity index (χ3n) is 3.37. The molecular formula is C15H22F2O. The van der Waals surface area contributed by atoms with Crippen LogP contribution in [0.1, 0.15) is 58.4 Å². The van der Waals surface area contributed by atoms with Crippen molar-refractivity contribution < 1.29 is 13.5 Å². The highest BCUT2D eigenvalue weighted by Gasteiger charge is 2.17. The van der Waals surface area contributed by atoms with Gasteiger partial charge in [0.15, 0.2) is 17.4 Å². The Hall–Kier alpha value is -1.12. The fraction of sp³-hybridized carbons (Fsp3) is 0.600. The monoisotopic (exact) mass is 256 g/mol. The number of hydrogen-bond acceptors (Lipinski definition) is 1. The van der Waals surface area contributed by atoms with Crippen molar-refractivity contribution in [2.75, 3.05) is 0 Å². The third-order valence-corrected chi connectivity index (χ3v) is 3.37. The van der Waals surface area contributed by atoms with Crippen molar-refractivity contribution in [1.29, 1.82) is 0 Å². The molecule has 0 saturated heterocycles. The van der Waals surface area contributed by atoms with E-state index in [-0.39, 0.29) is 17.8 Å². The quantitative estimate of drug-likeness (QED) is 0.692. The van der Waals surface area contributed by atoms with Gasteiger partial charge in [-0.1, -0.05) is 20.8 Å². The molecule has 0 heterocycles. The highest BCUT2D eigenvalue weighted by Crippen LogP contribution is 2.30. The van der Waals surface area contributed by atoms with E-state index in [0.717, 1.165) is 12.8 Å². The van der Waals surface area contributed by atoms with Gasteiger partial charge in [0.25, 0.3) is 0 Å². The van der Waals surface area contributed by atoms with Crippen LogP contribution < -0.4 is 4.74 Å². The minimum Gasteiger partial charge on any atom is -0.485 e. The predicted octanol–water partition coefficient (Wildman–Crippen LogP) is 5.05.